The SMILES string of the molecule is CC(C)[C@@H](NC(=O)CN)C(=O)N[C@H](CCCNC(N)=O)C(=O)Nc1ccc(COC(=O)C(C)(C)C)cc1. The van der Waals surface area contributed by atoms with E-state index in [1.54, 1.807) is 58.9 Å². The Morgan fingerprint density at radius 3 is 2.11 bits per heavy atom. The van der Waals surface area contributed by atoms with Crippen LogP contribution in [0.5, 0.6) is 0 Å². The molecule has 0 spiro atoms. The van der Waals surface area contributed by atoms with E-state index < -0.39 is 41.3 Å². The van der Waals surface area contributed by atoms with E-state index in [4.69, 9.17) is 16.2 Å². The van der Waals surface area contributed by atoms with Crippen LogP contribution in [0.3, 0.4) is 0 Å². The second kappa shape index (κ2) is 14.8. The molecule has 5 amide bonds. The van der Waals surface area contributed by atoms with Crippen molar-refractivity contribution in [3.8, 4) is 0 Å². The lowest BCUT2D eigenvalue weighted by Gasteiger charge is -2.25. The fourth-order valence-corrected chi connectivity index (χ4v) is 3.09. The third kappa shape index (κ3) is 11.7. The third-order valence-corrected chi connectivity index (χ3v) is 5.26. The van der Waals surface area contributed by atoms with Crippen LogP contribution in [0.25, 0.3) is 0 Å². The molecule has 0 aliphatic heterocycles. The van der Waals surface area contributed by atoms with Gasteiger partial charge in [-0.1, -0.05) is 26.0 Å². The number of hydrogen-bond acceptors (Lipinski definition) is 7. The molecule has 1 aromatic carbocycles. The summed E-state index contributed by atoms with van der Waals surface area (Å²) in [4.78, 5) is 60.6. The predicted molar refractivity (Wildman–Crippen MR) is 139 cm³/mol. The number of carbonyl (C=O) groups is 5. The molecule has 0 radical (unpaired) electrons. The van der Waals surface area contributed by atoms with Crippen LogP contribution in [0, 0.1) is 11.3 Å². The monoisotopic (exact) mass is 520 g/mol. The number of esters is 1. The fraction of sp³-hybridized carbons (Fsp3) is 0.560. The molecular formula is C25H40N6O6. The minimum absolute atomic E-state index is 0.0982. The van der Waals surface area contributed by atoms with Crippen LogP contribution >= 0.6 is 0 Å². The molecule has 0 fully saturated rings. The van der Waals surface area contributed by atoms with Crippen LogP contribution in [0.2, 0.25) is 0 Å². The average molecular weight is 521 g/mol. The Kier molecular flexibility index (Phi) is 12.5. The molecule has 0 heterocycles. The van der Waals surface area contributed by atoms with Crippen LogP contribution in [0.4, 0.5) is 10.5 Å². The number of ether oxygens (including phenoxy) is 1. The predicted octanol–water partition coefficient (Wildman–Crippen LogP) is 0.747. The number of amides is 5. The Bertz CT molecular complexity index is 942. The van der Waals surface area contributed by atoms with Gasteiger partial charge in [0.2, 0.25) is 17.7 Å². The highest BCUT2D eigenvalue weighted by Gasteiger charge is 2.28. The number of nitrogens with two attached hydrogens (primary N) is 2. The molecule has 2 atom stereocenters. The molecule has 206 valence electrons. The zero-order valence-electron chi connectivity index (χ0n) is 22.2. The Balaban J connectivity index is 2.89. The van der Waals surface area contributed by atoms with Gasteiger partial charge in [0.15, 0.2) is 0 Å². The van der Waals surface area contributed by atoms with Gasteiger partial charge in [-0.3, -0.25) is 19.2 Å². The van der Waals surface area contributed by atoms with Crippen molar-refractivity contribution in [3.63, 3.8) is 0 Å². The van der Waals surface area contributed by atoms with Crippen molar-refractivity contribution in [3.05, 3.63) is 29.8 Å². The molecule has 0 saturated carbocycles. The lowest BCUT2D eigenvalue weighted by Crippen LogP contribution is -2.55. The Morgan fingerprint density at radius 2 is 1.59 bits per heavy atom. The van der Waals surface area contributed by atoms with Gasteiger partial charge in [0.25, 0.3) is 0 Å². The number of benzene rings is 1. The molecule has 0 unspecified atom stereocenters. The van der Waals surface area contributed by atoms with Gasteiger partial charge in [0, 0.05) is 12.2 Å². The maximum Gasteiger partial charge on any atom is 0.312 e. The van der Waals surface area contributed by atoms with E-state index in [0.29, 0.717) is 12.1 Å². The Labute approximate surface area is 217 Å². The minimum atomic E-state index is -0.953. The van der Waals surface area contributed by atoms with Crippen molar-refractivity contribution in [1.82, 2.24) is 16.0 Å². The highest BCUT2D eigenvalue weighted by atomic mass is 16.5. The molecule has 12 nitrogen and oxygen atoms in total. The van der Waals surface area contributed by atoms with Gasteiger partial charge in [0.05, 0.1) is 12.0 Å². The fourth-order valence-electron chi connectivity index (χ4n) is 3.09. The van der Waals surface area contributed by atoms with Crippen LogP contribution in [-0.2, 0) is 30.5 Å². The molecule has 1 rings (SSSR count). The minimum Gasteiger partial charge on any atom is -0.460 e. The lowest BCUT2D eigenvalue weighted by molar-refractivity contribution is -0.154. The normalized spacial score (nSPS) is 12.7. The summed E-state index contributed by atoms with van der Waals surface area (Å²) in [5.74, 6) is -2.08. The molecule has 1 aromatic rings. The first kappa shape index (κ1) is 31.4. The zero-order chi connectivity index (χ0) is 28.2. The van der Waals surface area contributed by atoms with E-state index in [2.05, 4.69) is 21.3 Å². The summed E-state index contributed by atoms with van der Waals surface area (Å²) in [5, 5.41) is 10.4. The van der Waals surface area contributed by atoms with Gasteiger partial charge in [-0.2, -0.15) is 0 Å². The van der Waals surface area contributed by atoms with Crippen LogP contribution in [-0.4, -0.2) is 54.9 Å². The topological polar surface area (TPSA) is 195 Å². The molecule has 12 heteroatoms. The summed E-state index contributed by atoms with van der Waals surface area (Å²) in [5.41, 5.74) is 11.0. The van der Waals surface area contributed by atoms with E-state index in [0.717, 1.165) is 5.56 Å². The molecule has 37 heavy (non-hydrogen) atoms. The summed E-state index contributed by atoms with van der Waals surface area (Å²) < 4.78 is 5.29. The molecule has 0 aromatic heterocycles. The van der Waals surface area contributed by atoms with Crippen molar-refractivity contribution in [2.24, 2.45) is 22.8 Å². The number of primary amides is 1. The van der Waals surface area contributed by atoms with Gasteiger partial charge in [-0.25, -0.2) is 4.79 Å². The number of rotatable bonds is 13. The quantitative estimate of drug-likeness (QED) is 0.163. The van der Waals surface area contributed by atoms with E-state index in [1.165, 1.54) is 0 Å². The Morgan fingerprint density at radius 1 is 0.973 bits per heavy atom. The molecule has 0 saturated heterocycles. The number of nitrogens with one attached hydrogen (secondary N) is 4. The second-order valence-electron chi connectivity index (χ2n) is 10.0. The number of hydrogen-bond donors (Lipinski definition) is 6. The summed E-state index contributed by atoms with van der Waals surface area (Å²) >= 11 is 0. The standard InChI is InChI=1S/C25H40N6O6/c1-15(2)20(31-19(32)13-26)22(34)30-18(7-6-12-28-24(27)36)21(33)29-17-10-8-16(9-11-17)14-37-23(35)25(3,4)5/h8-11,15,18,20H,6-7,12-14,26H2,1-5H3,(H,29,33)(H,30,34)(H,31,32)(H3,27,28,36)/t18-,20-/m1/s1. The summed E-state index contributed by atoms with van der Waals surface area (Å²) in [7, 11) is 0. The van der Waals surface area contributed by atoms with Crippen LogP contribution in [0.1, 0.15) is 53.0 Å². The van der Waals surface area contributed by atoms with Gasteiger partial charge >= 0.3 is 12.0 Å². The zero-order valence-corrected chi connectivity index (χ0v) is 22.2. The number of urea groups is 1. The largest absolute Gasteiger partial charge is 0.460 e. The van der Waals surface area contributed by atoms with Gasteiger partial charge < -0.3 is 37.5 Å². The van der Waals surface area contributed by atoms with Crippen molar-refractivity contribution in [2.45, 2.75) is 66.2 Å². The van der Waals surface area contributed by atoms with Crippen molar-refractivity contribution < 1.29 is 28.7 Å². The summed E-state index contributed by atoms with van der Waals surface area (Å²) in [6, 6.07) is 4.22. The molecular weight excluding hydrogens is 480 g/mol. The molecule has 0 aliphatic rings. The maximum absolute atomic E-state index is 13.0. The smallest absolute Gasteiger partial charge is 0.312 e. The summed E-state index contributed by atoms with van der Waals surface area (Å²) in [6.45, 7) is 8.86. The first-order valence-corrected chi connectivity index (χ1v) is 12.1. The first-order valence-electron chi connectivity index (χ1n) is 12.1. The van der Waals surface area contributed by atoms with Crippen molar-refractivity contribution in [2.75, 3.05) is 18.4 Å². The molecule has 0 bridgehead atoms. The highest BCUT2D eigenvalue weighted by molar-refractivity contribution is 5.98. The van der Waals surface area contributed by atoms with E-state index in [1.807, 2.05) is 0 Å². The average Bonchev–Trinajstić information content (AvgIpc) is 2.82. The molecule has 0 aliphatic carbocycles. The number of anilines is 1. The molecule has 8 N–H and O–H groups in total. The van der Waals surface area contributed by atoms with Gasteiger partial charge in [0.1, 0.15) is 18.7 Å². The number of carbonyl (C=O) groups excluding carboxylic acids is 5. The second-order valence-corrected chi connectivity index (χ2v) is 10.0. The summed E-state index contributed by atoms with van der Waals surface area (Å²) in [6.07, 6.45) is 0.565. The van der Waals surface area contributed by atoms with E-state index in [9.17, 15) is 24.0 Å². The first-order chi connectivity index (χ1) is 17.2. The maximum atomic E-state index is 13.0. The van der Waals surface area contributed by atoms with E-state index in [-0.39, 0.29) is 38.0 Å². The van der Waals surface area contributed by atoms with Crippen molar-refractivity contribution >= 4 is 35.4 Å². The van der Waals surface area contributed by atoms with Crippen LogP contribution in [0.15, 0.2) is 24.3 Å². The lowest BCUT2D eigenvalue weighted by atomic mass is 9.97. The van der Waals surface area contributed by atoms with Crippen LogP contribution < -0.4 is 32.7 Å². The third-order valence-electron chi connectivity index (χ3n) is 5.26. The highest BCUT2D eigenvalue weighted by Crippen LogP contribution is 2.17. The van der Waals surface area contributed by atoms with Gasteiger partial charge in [-0.05, 0) is 57.2 Å². The Hall–Kier alpha value is -3.67. The van der Waals surface area contributed by atoms with Gasteiger partial charge in [-0.15, -0.1) is 0 Å². The van der Waals surface area contributed by atoms with E-state index >= 15 is 0 Å². The van der Waals surface area contributed by atoms with Crippen molar-refractivity contribution in [1.29, 1.82) is 0 Å².